The van der Waals surface area contributed by atoms with Crippen molar-refractivity contribution in [3.63, 3.8) is 0 Å². The first-order valence-corrected chi connectivity index (χ1v) is 9.50. The summed E-state index contributed by atoms with van der Waals surface area (Å²) in [7, 11) is 0. The molecule has 0 aliphatic rings. The van der Waals surface area contributed by atoms with Gasteiger partial charge in [0.15, 0.2) is 5.75 Å². The molecule has 0 spiro atoms. The lowest BCUT2D eigenvalue weighted by atomic mass is 10.2. The van der Waals surface area contributed by atoms with Crippen LogP contribution in [0.2, 0.25) is 0 Å². The van der Waals surface area contributed by atoms with E-state index in [0.717, 1.165) is 16.9 Å². The van der Waals surface area contributed by atoms with Gasteiger partial charge in [0.25, 0.3) is 0 Å². The van der Waals surface area contributed by atoms with E-state index in [1.165, 1.54) is 0 Å². The van der Waals surface area contributed by atoms with Crippen LogP contribution in [0, 0.1) is 6.92 Å². The fourth-order valence-corrected chi connectivity index (χ4v) is 2.99. The lowest BCUT2D eigenvalue weighted by Gasteiger charge is -2.14. The highest BCUT2D eigenvalue weighted by molar-refractivity contribution is 5.91. The highest BCUT2D eigenvalue weighted by Gasteiger charge is 2.10. The third-order valence-corrected chi connectivity index (χ3v) is 4.41. The summed E-state index contributed by atoms with van der Waals surface area (Å²) in [6, 6.07) is 18.5. The van der Waals surface area contributed by atoms with Gasteiger partial charge in [-0.25, -0.2) is 14.8 Å². The minimum atomic E-state index is -0.337. The van der Waals surface area contributed by atoms with Crippen LogP contribution in [0.5, 0.6) is 11.5 Å². The van der Waals surface area contributed by atoms with Gasteiger partial charge in [0.1, 0.15) is 17.9 Å². The Morgan fingerprint density at radius 1 is 1.07 bits per heavy atom. The topological polar surface area (TPSA) is 81.1 Å². The molecule has 2 amide bonds. The number of imidazole rings is 1. The Balaban J connectivity index is 1.43. The fraction of sp³-hybridized carbons (Fsp3) is 0.0870. The number of hydrogen-bond donors (Lipinski definition) is 2. The Morgan fingerprint density at radius 3 is 2.80 bits per heavy atom. The van der Waals surface area contributed by atoms with Crippen LogP contribution in [-0.4, -0.2) is 20.6 Å². The van der Waals surface area contributed by atoms with Crippen LogP contribution < -0.4 is 15.4 Å². The van der Waals surface area contributed by atoms with Crippen LogP contribution in [0.4, 0.5) is 10.5 Å². The number of para-hydroxylation sites is 2. The number of hydrogen-bond acceptors (Lipinski definition) is 4. The number of nitrogens with one attached hydrogen (secondary N) is 2. The van der Waals surface area contributed by atoms with E-state index < -0.39 is 0 Å². The molecule has 150 valence electrons. The van der Waals surface area contributed by atoms with E-state index in [0.29, 0.717) is 23.7 Å². The van der Waals surface area contributed by atoms with E-state index >= 15 is 0 Å². The van der Waals surface area contributed by atoms with Crippen LogP contribution in [-0.2, 0) is 6.54 Å². The molecule has 30 heavy (non-hydrogen) atoms. The lowest BCUT2D eigenvalue weighted by Crippen LogP contribution is -2.28. The number of amides is 2. The van der Waals surface area contributed by atoms with Gasteiger partial charge in [-0.05, 0) is 42.8 Å². The molecule has 2 N–H and O–H groups in total. The Bertz CT molecular complexity index is 1140. The third-order valence-electron chi connectivity index (χ3n) is 4.41. The number of carbonyl (C=O) groups excluding carboxylic acids is 1. The van der Waals surface area contributed by atoms with Gasteiger partial charge in [-0.15, -0.1) is 0 Å². The summed E-state index contributed by atoms with van der Waals surface area (Å²) in [5, 5.41) is 5.73. The maximum atomic E-state index is 12.5. The summed E-state index contributed by atoms with van der Waals surface area (Å²) in [4.78, 5) is 21.0. The first-order valence-electron chi connectivity index (χ1n) is 9.50. The highest BCUT2D eigenvalue weighted by Crippen LogP contribution is 2.29. The molecule has 2 aromatic carbocycles. The van der Waals surface area contributed by atoms with Crippen molar-refractivity contribution >= 4 is 11.7 Å². The number of benzene rings is 2. The quantitative estimate of drug-likeness (QED) is 0.493. The molecule has 7 nitrogen and oxygen atoms in total. The zero-order chi connectivity index (χ0) is 20.8. The first-order chi connectivity index (χ1) is 14.7. The molecule has 2 heterocycles. The average molecular weight is 399 g/mol. The fourth-order valence-electron chi connectivity index (χ4n) is 2.99. The van der Waals surface area contributed by atoms with Crippen LogP contribution in [0.1, 0.15) is 11.1 Å². The number of urea groups is 1. The molecule has 0 radical (unpaired) electrons. The van der Waals surface area contributed by atoms with Crippen molar-refractivity contribution in [3.8, 4) is 17.3 Å². The SMILES string of the molecule is Cc1cccc(Oc2ccccc2NC(=O)NCc2cccnc2-n2ccnc2)c1. The number of anilines is 1. The van der Waals surface area contributed by atoms with Crippen molar-refractivity contribution in [1.29, 1.82) is 0 Å². The van der Waals surface area contributed by atoms with Gasteiger partial charge in [-0.1, -0.05) is 30.3 Å². The van der Waals surface area contributed by atoms with Gasteiger partial charge in [0, 0.05) is 30.7 Å². The van der Waals surface area contributed by atoms with E-state index in [4.69, 9.17) is 4.74 Å². The van der Waals surface area contributed by atoms with Gasteiger partial charge < -0.3 is 15.4 Å². The van der Waals surface area contributed by atoms with Crippen molar-refractivity contribution in [2.45, 2.75) is 13.5 Å². The van der Waals surface area contributed by atoms with Crippen molar-refractivity contribution in [2.75, 3.05) is 5.32 Å². The van der Waals surface area contributed by atoms with E-state index in [-0.39, 0.29) is 6.03 Å². The zero-order valence-corrected chi connectivity index (χ0v) is 16.4. The average Bonchev–Trinajstić information content (AvgIpc) is 3.29. The lowest BCUT2D eigenvalue weighted by molar-refractivity contribution is 0.251. The molecule has 4 aromatic rings. The van der Waals surface area contributed by atoms with Crippen molar-refractivity contribution in [1.82, 2.24) is 19.9 Å². The molecule has 7 heteroatoms. The van der Waals surface area contributed by atoms with Gasteiger partial charge in [-0.3, -0.25) is 4.57 Å². The number of ether oxygens (including phenoxy) is 1. The molecule has 0 saturated carbocycles. The normalized spacial score (nSPS) is 10.4. The van der Waals surface area contributed by atoms with Gasteiger partial charge in [-0.2, -0.15) is 0 Å². The number of pyridine rings is 1. The largest absolute Gasteiger partial charge is 0.455 e. The Kier molecular flexibility index (Phi) is 5.70. The minimum absolute atomic E-state index is 0.314. The number of aryl methyl sites for hydroxylation is 1. The van der Waals surface area contributed by atoms with Crippen LogP contribution in [0.15, 0.2) is 85.6 Å². The summed E-state index contributed by atoms with van der Waals surface area (Å²) in [5.74, 6) is 2.00. The molecule has 4 rings (SSSR count). The summed E-state index contributed by atoms with van der Waals surface area (Å²) in [6.45, 7) is 2.31. The number of aromatic nitrogens is 3. The van der Waals surface area contributed by atoms with E-state index in [9.17, 15) is 4.79 Å². The molecule has 0 aliphatic carbocycles. The highest BCUT2D eigenvalue weighted by atomic mass is 16.5. The zero-order valence-electron chi connectivity index (χ0n) is 16.4. The van der Waals surface area contributed by atoms with E-state index in [2.05, 4.69) is 20.6 Å². The van der Waals surface area contributed by atoms with Gasteiger partial charge in [0.05, 0.1) is 5.69 Å². The Morgan fingerprint density at radius 2 is 1.97 bits per heavy atom. The number of rotatable bonds is 6. The van der Waals surface area contributed by atoms with Crippen molar-refractivity contribution in [3.05, 3.63) is 96.7 Å². The first kappa shape index (κ1) is 19.2. The maximum absolute atomic E-state index is 12.5. The van der Waals surface area contributed by atoms with Crippen LogP contribution in [0.3, 0.4) is 0 Å². The molecule has 0 fully saturated rings. The molecule has 2 aromatic heterocycles. The minimum Gasteiger partial charge on any atom is -0.455 e. The maximum Gasteiger partial charge on any atom is 0.319 e. The molecule has 0 bridgehead atoms. The second kappa shape index (κ2) is 8.91. The van der Waals surface area contributed by atoms with Crippen molar-refractivity contribution in [2.24, 2.45) is 0 Å². The van der Waals surface area contributed by atoms with Crippen LogP contribution >= 0.6 is 0 Å². The molecule has 0 aliphatic heterocycles. The molecule has 0 unspecified atom stereocenters. The second-order valence-electron chi connectivity index (χ2n) is 6.68. The number of nitrogens with zero attached hydrogens (tertiary/aromatic N) is 3. The number of carbonyl (C=O) groups is 1. The predicted octanol–water partition coefficient (Wildman–Crippen LogP) is 4.69. The summed E-state index contributed by atoms with van der Waals surface area (Å²) in [6.07, 6.45) is 6.87. The Labute approximate surface area is 174 Å². The summed E-state index contributed by atoms with van der Waals surface area (Å²) >= 11 is 0. The third kappa shape index (κ3) is 4.64. The van der Waals surface area contributed by atoms with Crippen molar-refractivity contribution < 1.29 is 9.53 Å². The summed E-state index contributed by atoms with van der Waals surface area (Å²) in [5.41, 5.74) is 2.55. The molecular weight excluding hydrogens is 378 g/mol. The molecule has 0 atom stereocenters. The molecular formula is C23H21N5O2. The standard InChI is InChI=1S/C23H21N5O2/c1-17-6-4-8-19(14-17)30-21-10-3-2-9-20(21)27-23(29)26-15-18-7-5-11-25-22(18)28-13-12-24-16-28/h2-14,16H,15H2,1H3,(H2,26,27,29). The molecule has 0 saturated heterocycles. The monoisotopic (exact) mass is 399 g/mol. The summed E-state index contributed by atoms with van der Waals surface area (Å²) < 4.78 is 7.76. The van der Waals surface area contributed by atoms with Crippen LogP contribution in [0.25, 0.3) is 5.82 Å². The van der Waals surface area contributed by atoms with Gasteiger partial charge in [0.2, 0.25) is 0 Å². The van der Waals surface area contributed by atoms with E-state index in [1.54, 1.807) is 29.4 Å². The van der Waals surface area contributed by atoms with Gasteiger partial charge >= 0.3 is 6.03 Å². The smallest absolute Gasteiger partial charge is 0.319 e. The van der Waals surface area contributed by atoms with E-state index in [1.807, 2.05) is 67.7 Å². The predicted molar refractivity (Wildman–Crippen MR) is 115 cm³/mol. The second-order valence-corrected chi connectivity index (χ2v) is 6.68. The Hall–Kier alpha value is -4.13.